The molecular formula is C16H20N4O2. The summed E-state index contributed by atoms with van der Waals surface area (Å²) in [5, 5.41) is 4.34. The lowest BCUT2D eigenvalue weighted by molar-refractivity contribution is -0.0702. The first-order valence-electron chi connectivity index (χ1n) is 7.78. The third-order valence-corrected chi connectivity index (χ3v) is 4.98. The van der Waals surface area contributed by atoms with E-state index < -0.39 is 0 Å². The number of likely N-dealkylation sites (N-methyl/N-ethyl adjacent to an activating group) is 1. The van der Waals surface area contributed by atoms with Gasteiger partial charge >= 0.3 is 0 Å². The highest BCUT2D eigenvalue weighted by atomic mass is 16.5. The molecule has 0 aromatic carbocycles. The van der Waals surface area contributed by atoms with Crippen LogP contribution in [-0.4, -0.2) is 57.6 Å². The van der Waals surface area contributed by atoms with E-state index in [1.54, 1.807) is 10.7 Å². The van der Waals surface area contributed by atoms with Crippen molar-refractivity contribution in [3.05, 3.63) is 29.7 Å². The second-order valence-electron chi connectivity index (χ2n) is 6.47. The van der Waals surface area contributed by atoms with Gasteiger partial charge in [0.2, 0.25) is 0 Å². The lowest BCUT2D eigenvalue weighted by Crippen LogP contribution is -2.55. The Bertz CT molecular complexity index is 712. The highest BCUT2D eigenvalue weighted by Gasteiger charge is 2.39. The number of hydrogen-bond acceptors (Lipinski definition) is 5. The molecule has 4 rings (SSSR count). The predicted molar refractivity (Wildman–Crippen MR) is 80.9 cm³/mol. The van der Waals surface area contributed by atoms with Crippen LogP contribution >= 0.6 is 0 Å². The Morgan fingerprint density at radius 3 is 2.77 bits per heavy atom. The molecule has 0 aliphatic carbocycles. The van der Waals surface area contributed by atoms with E-state index in [2.05, 4.69) is 22.0 Å². The summed E-state index contributed by atoms with van der Waals surface area (Å²) in [6.45, 7) is 3.38. The number of piperidine rings is 1. The fraction of sp³-hybridized carbons (Fsp3) is 0.562. The smallest absolute Gasteiger partial charge is 0.169 e. The van der Waals surface area contributed by atoms with Gasteiger partial charge < -0.3 is 4.74 Å². The number of morpholine rings is 1. The summed E-state index contributed by atoms with van der Waals surface area (Å²) in [6, 6.07) is 2.61. The Morgan fingerprint density at radius 2 is 2.05 bits per heavy atom. The van der Waals surface area contributed by atoms with Gasteiger partial charge in [0.15, 0.2) is 11.4 Å². The van der Waals surface area contributed by atoms with Crippen molar-refractivity contribution >= 4 is 11.4 Å². The number of carbonyl (C=O) groups is 1. The minimum Gasteiger partial charge on any atom is -0.378 e. The van der Waals surface area contributed by atoms with Gasteiger partial charge in [-0.25, -0.2) is 9.50 Å². The first-order chi connectivity index (χ1) is 10.6. The molecule has 116 valence electrons. The minimum absolute atomic E-state index is 0.0611. The Labute approximate surface area is 129 Å². The van der Waals surface area contributed by atoms with E-state index in [4.69, 9.17) is 4.74 Å². The molecule has 0 radical (unpaired) electrons. The molecule has 0 spiro atoms. The van der Waals surface area contributed by atoms with E-state index in [1.807, 2.05) is 19.2 Å². The third kappa shape index (κ3) is 2.23. The fourth-order valence-corrected chi connectivity index (χ4v) is 3.67. The monoisotopic (exact) mass is 300 g/mol. The highest BCUT2D eigenvalue weighted by Crippen LogP contribution is 2.32. The van der Waals surface area contributed by atoms with Crippen molar-refractivity contribution in [2.45, 2.75) is 31.8 Å². The van der Waals surface area contributed by atoms with Crippen molar-refractivity contribution in [3.8, 4) is 0 Å². The summed E-state index contributed by atoms with van der Waals surface area (Å²) >= 11 is 0. The number of rotatable bonds is 2. The second-order valence-corrected chi connectivity index (χ2v) is 6.47. The first-order valence-corrected chi connectivity index (χ1v) is 7.78. The highest BCUT2D eigenvalue weighted by molar-refractivity contribution is 5.97. The Balaban J connectivity index is 1.60. The molecule has 0 saturated carbocycles. The molecule has 2 aliphatic rings. The summed E-state index contributed by atoms with van der Waals surface area (Å²) in [7, 11) is 2.14. The zero-order valence-electron chi connectivity index (χ0n) is 12.9. The zero-order valence-corrected chi connectivity index (χ0v) is 12.9. The number of aryl methyl sites for hydroxylation is 1. The number of aromatic nitrogens is 3. The Hall–Kier alpha value is -1.79. The first kappa shape index (κ1) is 13.8. The largest absolute Gasteiger partial charge is 0.378 e. The average molecular weight is 300 g/mol. The number of Topliss-reactive ketones (excluding diaryl/α,β-unsaturated/α-hetero) is 1. The summed E-state index contributed by atoms with van der Waals surface area (Å²) in [5.41, 5.74) is 2.34. The molecule has 0 amide bonds. The van der Waals surface area contributed by atoms with Crippen molar-refractivity contribution in [3.63, 3.8) is 0 Å². The number of ether oxygens (including phenoxy) is 1. The molecule has 22 heavy (non-hydrogen) atoms. The normalized spacial score (nSPS) is 28.9. The molecule has 2 unspecified atom stereocenters. The number of nitrogens with zero attached hydrogens (tertiary/aromatic N) is 4. The van der Waals surface area contributed by atoms with Gasteiger partial charge in [-0.15, -0.1) is 0 Å². The molecule has 6 nitrogen and oxygen atoms in total. The van der Waals surface area contributed by atoms with Gasteiger partial charge in [0.1, 0.15) is 0 Å². The summed E-state index contributed by atoms with van der Waals surface area (Å²) in [6.07, 6.45) is 5.22. The summed E-state index contributed by atoms with van der Waals surface area (Å²) in [4.78, 5) is 19.6. The molecule has 2 saturated heterocycles. The average Bonchev–Trinajstić information content (AvgIpc) is 2.85. The van der Waals surface area contributed by atoms with Crippen LogP contribution in [0.4, 0.5) is 0 Å². The van der Waals surface area contributed by atoms with Gasteiger partial charge in [-0.2, -0.15) is 5.10 Å². The van der Waals surface area contributed by atoms with E-state index in [-0.39, 0.29) is 11.7 Å². The predicted octanol–water partition coefficient (Wildman–Crippen LogP) is 1.33. The van der Waals surface area contributed by atoms with Crippen molar-refractivity contribution in [1.82, 2.24) is 19.5 Å². The maximum Gasteiger partial charge on any atom is 0.169 e. The maximum absolute atomic E-state index is 12.8. The molecule has 2 atom stereocenters. The van der Waals surface area contributed by atoms with Crippen LogP contribution in [0.3, 0.4) is 0 Å². The lowest BCUT2D eigenvalue weighted by atomic mass is 9.81. The van der Waals surface area contributed by atoms with Crippen LogP contribution in [0, 0.1) is 12.8 Å². The van der Waals surface area contributed by atoms with Crippen LogP contribution in [-0.2, 0) is 4.74 Å². The van der Waals surface area contributed by atoms with Crippen molar-refractivity contribution in [2.24, 2.45) is 5.92 Å². The zero-order chi connectivity index (χ0) is 15.3. The van der Waals surface area contributed by atoms with Crippen molar-refractivity contribution in [1.29, 1.82) is 0 Å². The van der Waals surface area contributed by atoms with E-state index >= 15 is 0 Å². The van der Waals surface area contributed by atoms with Crippen LogP contribution in [0.2, 0.25) is 0 Å². The van der Waals surface area contributed by atoms with Crippen LogP contribution in [0.1, 0.15) is 28.9 Å². The topological polar surface area (TPSA) is 59.7 Å². The molecular weight excluding hydrogens is 280 g/mol. The van der Waals surface area contributed by atoms with Gasteiger partial charge in [-0.1, -0.05) is 0 Å². The van der Waals surface area contributed by atoms with Crippen LogP contribution in [0.15, 0.2) is 18.5 Å². The van der Waals surface area contributed by atoms with Gasteiger partial charge in [-0.05, 0) is 26.8 Å². The van der Waals surface area contributed by atoms with Crippen molar-refractivity contribution in [2.75, 3.05) is 20.3 Å². The number of carbonyl (C=O) groups excluding carboxylic acids is 1. The standard InChI is InChI=1S/C16H20N4O2/c1-10-3-15-17-6-12(7-20(15)18-10)16(21)11-4-13-8-22-9-14(5-11)19(13)2/h3,6-7,11,13-14H,4-5,8-9H2,1-2H3. The number of hydrogen-bond donors (Lipinski definition) is 0. The third-order valence-electron chi connectivity index (χ3n) is 4.98. The quantitative estimate of drug-likeness (QED) is 0.783. The van der Waals surface area contributed by atoms with Crippen LogP contribution in [0.5, 0.6) is 0 Å². The maximum atomic E-state index is 12.8. The van der Waals surface area contributed by atoms with E-state index in [1.165, 1.54) is 0 Å². The van der Waals surface area contributed by atoms with E-state index in [0.717, 1.165) is 37.4 Å². The van der Waals surface area contributed by atoms with Crippen molar-refractivity contribution < 1.29 is 9.53 Å². The molecule has 2 fully saturated rings. The second kappa shape index (κ2) is 5.14. The molecule has 2 aromatic heterocycles. The molecule has 2 bridgehead atoms. The van der Waals surface area contributed by atoms with Gasteiger partial charge in [-0.3, -0.25) is 9.69 Å². The van der Waals surface area contributed by atoms with Gasteiger partial charge in [0.25, 0.3) is 0 Å². The summed E-state index contributed by atoms with van der Waals surface area (Å²) in [5.74, 6) is 0.249. The molecule has 2 aliphatic heterocycles. The number of fused-ring (bicyclic) bond motifs is 3. The fourth-order valence-electron chi connectivity index (χ4n) is 3.67. The Morgan fingerprint density at radius 1 is 1.32 bits per heavy atom. The number of ketones is 1. The van der Waals surface area contributed by atoms with E-state index in [0.29, 0.717) is 17.6 Å². The van der Waals surface area contributed by atoms with Gasteiger partial charge in [0, 0.05) is 36.5 Å². The van der Waals surface area contributed by atoms with Gasteiger partial charge in [0.05, 0.1) is 24.5 Å². The Kier molecular flexibility index (Phi) is 3.23. The van der Waals surface area contributed by atoms with Crippen LogP contribution in [0.25, 0.3) is 5.65 Å². The summed E-state index contributed by atoms with van der Waals surface area (Å²) < 4.78 is 7.32. The molecule has 6 heteroatoms. The van der Waals surface area contributed by atoms with Crippen LogP contribution < -0.4 is 0 Å². The molecule has 4 heterocycles. The minimum atomic E-state index is 0.0611. The molecule has 0 N–H and O–H groups in total. The SMILES string of the molecule is Cc1cc2ncc(C(=O)C3CC4COCC(C3)N4C)cn2n1. The van der Waals surface area contributed by atoms with E-state index in [9.17, 15) is 4.79 Å². The molecule has 2 aromatic rings. The lowest BCUT2D eigenvalue weighted by Gasteiger charge is -2.46.